The molecule has 4 rings (SSSR count). The molecule has 1 aliphatic rings. The highest BCUT2D eigenvalue weighted by Gasteiger charge is 2.35. The van der Waals surface area contributed by atoms with Crippen molar-refractivity contribution in [3.63, 3.8) is 0 Å². The number of hydrogen-bond acceptors (Lipinski definition) is 5. The van der Waals surface area contributed by atoms with Crippen LogP contribution in [-0.4, -0.2) is 28.5 Å². The maximum absolute atomic E-state index is 12.8. The number of anilines is 2. The van der Waals surface area contributed by atoms with Crippen LogP contribution >= 0.6 is 11.6 Å². The van der Waals surface area contributed by atoms with Gasteiger partial charge in [0.05, 0.1) is 12.3 Å². The minimum atomic E-state index is -0.433. The molecule has 8 heteroatoms. The Bertz CT molecular complexity index is 1050. The second-order valence-electron chi connectivity index (χ2n) is 6.94. The SMILES string of the molecule is Cc1noc(Cc2ccccc2NC(=O)C2CC(=O)N(c3ccc(Cl)cc3)C2)n1. The van der Waals surface area contributed by atoms with E-state index in [1.165, 1.54) is 0 Å². The number of nitrogens with zero attached hydrogens (tertiary/aromatic N) is 3. The van der Waals surface area contributed by atoms with Gasteiger partial charge in [-0.1, -0.05) is 35.0 Å². The van der Waals surface area contributed by atoms with Gasteiger partial charge in [-0.25, -0.2) is 0 Å². The maximum atomic E-state index is 12.8. The average molecular weight is 411 g/mol. The van der Waals surface area contributed by atoms with Crippen molar-refractivity contribution in [1.82, 2.24) is 10.1 Å². The molecular weight excluding hydrogens is 392 g/mol. The molecule has 1 unspecified atom stereocenters. The van der Waals surface area contributed by atoms with E-state index in [0.29, 0.717) is 35.4 Å². The summed E-state index contributed by atoms with van der Waals surface area (Å²) < 4.78 is 5.18. The predicted molar refractivity (Wildman–Crippen MR) is 109 cm³/mol. The number of aromatic nitrogens is 2. The third-order valence-electron chi connectivity index (χ3n) is 4.82. The van der Waals surface area contributed by atoms with Gasteiger partial charge in [-0.15, -0.1) is 0 Å². The Morgan fingerprint density at radius 1 is 1.24 bits per heavy atom. The summed E-state index contributed by atoms with van der Waals surface area (Å²) in [5.74, 6) is 0.338. The largest absolute Gasteiger partial charge is 0.339 e. The number of aryl methyl sites for hydroxylation is 1. The third kappa shape index (κ3) is 4.30. The molecule has 2 aromatic carbocycles. The van der Waals surface area contributed by atoms with Crippen LogP contribution < -0.4 is 10.2 Å². The van der Waals surface area contributed by atoms with Crippen LogP contribution in [0.3, 0.4) is 0 Å². The van der Waals surface area contributed by atoms with Gasteiger partial charge in [0.1, 0.15) is 0 Å². The van der Waals surface area contributed by atoms with Gasteiger partial charge in [0.25, 0.3) is 0 Å². The average Bonchev–Trinajstić information content (AvgIpc) is 3.29. The molecule has 1 atom stereocenters. The number of hydrogen-bond donors (Lipinski definition) is 1. The lowest BCUT2D eigenvalue weighted by Gasteiger charge is -2.17. The molecule has 148 valence electrons. The van der Waals surface area contributed by atoms with Gasteiger partial charge in [-0.3, -0.25) is 9.59 Å². The second-order valence-corrected chi connectivity index (χ2v) is 7.38. The monoisotopic (exact) mass is 410 g/mol. The number of nitrogens with one attached hydrogen (secondary N) is 1. The van der Waals surface area contributed by atoms with Crippen LogP contribution in [-0.2, 0) is 16.0 Å². The molecule has 29 heavy (non-hydrogen) atoms. The summed E-state index contributed by atoms with van der Waals surface area (Å²) in [5, 5.41) is 7.34. The Morgan fingerprint density at radius 3 is 2.72 bits per heavy atom. The van der Waals surface area contributed by atoms with Crippen molar-refractivity contribution >= 4 is 34.8 Å². The van der Waals surface area contributed by atoms with Crippen LogP contribution in [0.1, 0.15) is 23.7 Å². The van der Waals surface area contributed by atoms with E-state index in [0.717, 1.165) is 11.3 Å². The molecule has 2 heterocycles. The zero-order valence-electron chi connectivity index (χ0n) is 15.8. The summed E-state index contributed by atoms with van der Waals surface area (Å²) in [5.41, 5.74) is 2.27. The van der Waals surface area contributed by atoms with Gasteiger partial charge in [0, 0.05) is 29.4 Å². The molecule has 1 aromatic heterocycles. The van der Waals surface area contributed by atoms with E-state index >= 15 is 0 Å². The first-order chi connectivity index (χ1) is 14.0. The number of para-hydroxylation sites is 1. The summed E-state index contributed by atoms with van der Waals surface area (Å²) in [6.45, 7) is 2.08. The molecule has 1 saturated heterocycles. The van der Waals surface area contributed by atoms with E-state index in [1.54, 1.807) is 36.1 Å². The van der Waals surface area contributed by atoms with Crippen LogP contribution in [0.5, 0.6) is 0 Å². The fourth-order valence-corrected chi connectivity index (χ4v) is 3.49. The third-order valence-corrected chi connectivity index (χ3v) is 5.07. The molecular formula is C21H19ClN4O3. The van der Waals surface area contributed by atoms with Gasteiger partial charge in [0.15, 0.2) is 5.82 Å². The normalized spacial score (nSPS) is 16.3. The van der Waals surface area contributed by atoms with Crippen LogP contribution in [0.25, 0.3) is 0 Å². The molecule has 0 aliphatic carbocycles. The smallest absolute Gasteiger partial charge is 0.231 e. The summed E-state index contributed by atoms with van der Waals surface area (Å²) >= 11 is 5.92. The lowest BCUT2D eigenvalue weighted by Crippen LogP contribution is -2.28. The molecule has 0 bridgehead atoms. The van der Waals surface area contributed by atoms with Crippen molar-refractivity contribution in [2.45, 2.75) is 19.8 Å². The van der Waals surface area contributed by atoms with Crippen molar-refractivity contribution in [3.05, 3.63) is 70.8 Å². The molecule has 7 nitrogen and oxygen atoms in total. The minimum absolute atomic E-state index is 0.0814. The molecule has 0 saturated carbocycles. The minimum Gasteiger partial charge on any atom is -0.339 e. The van der Waals surface area contributed by atoms with Crippen LogP contribution in [0.4, 0.5) is 11.4 Å². The maximum Gasteiger partial charge on any atom is 0.231 e. The van der Waals surface area contributed by atoms with Gasteiger partial charge in [-0.05, 0) is 42.8 Å². The van der Waals surface area contributed by atoms with E-state index in [-0.39, 0.29) is 18.2 Å². The highest BCUT2D eigenvalue weighted by molar-refractivity contribution is 6.30. The van der Waals surface area contributed by atoms with Crippen LogP contribution in [0, 0.1) is 12.8 Å². The van der Waals surface area contributed by atoms with Gasteiger partial charge in [-0.2, -0.15) is 4.98 Å². The zero-order valence-corrected chi connectivity index (χ0v) is 16.5. The fraction of sp³-hybridized carbons (Fsp3) is 0.238. The topological polar surface area (TPSA) is 88.3 Å². The number of amides is 2. The lowest BCUT2D eigenvalue weighted by molar-refractivity contribution is -0.122. The molecule has 0 radical (unpaired) electrons. The summed E-state index contributed by atoms with van der Waals surface area (Å²) in [7, 11) is 0. The van der Waals surface area contributed by atoms with Crippen molar-refractivity contribution in [2.75, 3.05) is 16.8 Å². The Morgan fingerprint density at radius 2 is 2.00 bits per heavy atom. The van der Waals surface area contributed by atoms with E-state index in [1.807, 2.05) is 24.3 Å². The zero-order chi connectivity index (χ0) is 20.4. The highest BCUT2D eigenvalue weighted by Crippen LogP contribution is 2.28. The van der Waals surface area contributed by atoms with Crippen molar-refractivity contribution in [1.29, 1.82) is 0 Å². The molecule has 1 N–H and O–H groups in total. The number of rotatable bonds is 5. The lowest BCUT2D eigenvalue weighted by atomic mass is 10.1. The second kappa shape index (κ2) is 8.05. The molecule has 0 spiro atoms. The molecule has 1 fully saturated rings. The molecule has 1 aliphatic heterocycles. The van der Waals surface area contributed by atoms with E-state index in [2.05, 4.69) is 15.5 Å². The predicted octanol–water partition coefficient (Wildman–Crippen LogP) is 3.61. The van der Waals surface area contributed by atoms with Crippen LogP contribution in [0.15, 0.2) is 53.1 Å². The Labute approximate surface area is 172 Å². The van der Waals surface area contributed by atoms with Crippen molar-refractivity contribution < 1.29 is 14.1 Å². The highest BCUT2D eigenvalue weighted by atomic mass is 35.5. The number of halogens is 1. The quantitative estimate of drug-likeness (QED) is 0.694. The molecule has 2 amide bonds. The van der Waals surface area contributed by atoms with Gasteiger partial charge >= 0.3 is 0 Å². The Kier molecular flexibility index (Phi) is 5.31. The number of carbonyl (C=O) groups excluding carboxylic acids is 2. The Hall–Kier alpha value is -3.19. The first-order valence-corrected chi connectivity index (χ1v) is 9.61. The van der Waals surface area contributed by atoms with E-state index in [4.69, 9.17) is 16.1 Å². The molecule has 3 aromatic rings. The van der Waals surface area contributed by atoms with E-state index < -0.39 is 5.92 Å². The first kappa shape index (κ1) is 19.1. The summed E-state index contributed by atoms with van der Waals surface area (Å²) in [6, 6.07) is 14.5. The van der Waals surface area contributed by atoms with Gasteiger partial charge in [0.2, 0.25) is 17.7 Å². The first-order valence-electron chi connectivity index (χ1n) is 9.23. The van der Waals surface area contributed by atoms with E-state index in [9.17, 15) is 9.59 Å². The standard InChI is InChI=1S/C21H19ClN4O3/c1-13-23-19(29-25-13)10-14-4-2-3-5-18(14)24-21(28)15-11-20(27)26(12-15)17-8-6-16(22)7-9-17/h2-9,15H,10-12H2,1H3,(H,24,28). The Balaban J connectivity index is 1.46. The summed E-state index contributed by atoms with van der Waals surface area (Å²) in [6.07, 6.45) is 0.581. The van der Waals surface area contributed by atoms with Gasteiger partial charge < -0.3 is 14.7 Å². The van der Waals surface area contributed by atoms with Crippen molar-refractivity contribution in [2.24, 2.45) is 5.92 Å². The fourth-order valence-electron chi connectivity index (χ4n) is 3.36. The number of benzene rings is 2. The van der Waals surface area contributed by atoms with Crippen molar-refractivity contribution in [3.8, 4) is 0 Å². The number of carbonyl (C=O) groups is 2. The van der Waals surface area contributed by atoms with Crippen LogP contribution in [0.2, 0.25) is 5.02 Å². The summed E-state index contributed by atoms with van der Waals surface area (Å²) in [4.78, 5) is 31.1.